The standard InChI is InChI=1S/C10H22O3/c1-4-7-8-13-10(12-6-3)9-11-5-2/h10H,4-9H2,1-3H3. The van der Waals surface area contributed by atoms with Gasteiger partial charge in [-0.3, -0.25) is 0 Å². The summed E-state index contributed by atoms with van der Waals surface area (Å²) < 4.78 is 16.1. The van der Waals surface area contributed by atoms with Crippen molar-refractivity contribution in [3.8, 4) is 0 Å². The first-order chi connectivity index (χ1) is 6.35. The fourth-order valence-electron chi connectivity index (χ4n) is 0.903. The molecule has 0 N–H and O–H groups in total. The zero-order valence-corrected chi connectivity index (χ0v) is 9.04. The molecule has 3 nitrogen and oxygen atoms in total. The summed E-state index contributed by atoms with van der Waals surface area (Å²) in [4.78, 5) is 0. The lowest BCUT2D eigenvalue weighted by molar-refractivity contribution is -0.169. The van der Waals surface area contributed by atoms with Gasteiger partial charge in [0.05, 0.1) is 6.61 Å². The molecule has 13 heavy (non-hydrogen) atoms. The second-order valence-corrected chi connectivity index (χ2v) is 2.77. The van der Waals surface area contributed by atoms with E-state index < -0.39 is 0 Å². The molecule has 0 heterocycles. The Balaban J connectivity index is 3.41. The van der Waals surface area contributed by atoms with Gasteiger partial charge in [0.15, 0.2) is 6.29 Å². The lowest BCUT2D eigenvalue weighted by Crippen LogP contribution is -2.24. The lowest BCUT2D eigenvalue weighted by Gasteiger charge is -2.17. The van der Waals surface area contributed by atoms with E-state index in [1.54, 1.807) is 0 Å². The maximum Gasteiger partial charge on any atom is 0.180 e. The maximum absolute atomic E-state index is 5.48. The summed E-state index contributed by atoms with van der Waals surface area (Å²) in [7, 11) is 0. The Morgan fingerprint density at radius 3 is 2.31 bits per heavy atom. The molecule has 1 unspecified atom stereocenters. The van der Waals surface area contributed by atoms with Crippen molar-refractivity contribution in [3.05, 3.63) is 0 Å². The van der Waals surface area contributed by atoms with E-state index in [0.29, 0.717) is 19.8 Å². The molecular formula is C10H22O3. The Kier molecular flexibility index (Phi) is 9.87. The van der Waals surface area contributed by atoms with Crippen LogP contribution in [-0.2, 0) is 14.2 Å². The summed E-state index contributed by atoms with van der Waals surface area (Å²) >= 11 is 0. The van der Waals surface area contributed by atoms with Crippen molar-refractivity contribution in [1.29, 1.82) is 0 Å². The van der Waals surface area contributed by atoms with E-state index in [4.69, 9.17) is 14.2 Å². The predicted molar refractivity (Wildman–Crippen MR) is 52.8 cm³/mol. The molecule has 80 valence electrons. The predicted octanol–water partition coefficient (Wildman–Crippen LogP) is 2.20. The van der Waals surface area contributed by atoms with E-state index in [1.165, 1.54) is 0 Å². The van der Waals surface area contributed by atoms with Gasteiger partial charge in [0.25, 0.3) is 0 Å². The van der Waals surface area contributed by atoms with Gasteiger partial charge in [0.1, 0.15) is 0 Å². The smallest absolute Gasteiger partial charge is 0.180 e. The monoisotopic (exact) mass is 190 g/mol. The first-order valence-electron chi connectivity index (χ1n) is 5.16. The summed E-state index contributed by atoms with van der Waals surface area (Å²) in [5, 5.41) is 0. The molecule has 0 saturated carbocycles. The van der Waals surface area contributed by atoms with Crippen LogP contribution < -0.4 is 0 Å². The van der Waals surface area contributed by atoms with Crippen LogP contribution in [0.3, 0.4) is 0 Å². The molecule has 0 aliphatic carbocycles. The molecule has 0 spiro atoms. The second kappa shape index (κ2) is 9.96. The summed E-state index contributed by atoms with van der Waals surface area (Å²) in [6, 6.07) is 0. The average Bonchev–Trinajstić information content (AvgIpc) is 2.14. The Labute approximate surface area is 81.4 Å². The molecule has 1 atom stereocenters. The normalized spacial score (nSPS) is 13.2. The van der Waals surface area contributed by atoms with Gasteiger partial charge in [-0.15, -0.1) is 0 Å². The first kappa shape index (κ1) is 12.9. The van der Waals surface area contributed by atoms with Crippen LogP contribution in [0.2, 0.25) is 0 Å². The minimum absolute atomic E-state index is 0.184. The van der Waals surface area contributed by atoms with Crippen LogP contribution in [0, 0.1) is 0 Å². The third-order valence-electron chi connectivity index (χ3n) is 1.61. The van der Waals surface area contributed by atoms with Crippen LogP contribution in [0.15, 0.2) is 0 Å². The summed E-state index contributed by atoms with van der Waals surface area (Å²) in [5.41, 5.74) is 0. The molecule has 0 rings (SSSR count). The molecule has 0 aromatic carbocycles. The molecule has 3 heteroatoms. The van der Waals surface area contributed by atoms with Gasteiger partial charge in [0, 0.05) is 19.8 Å². The topological polar surface area (TPSA) is 27.7 Å². The summed E-state index contributed by atoms with van der Waals surface area (Å²) in [6.45, 7) is 8.74. The minimum Gasteiger partial charge on any atom is -0.376 e. The van der Waals surface area contributed by atoms with Gasteiger partial charge in [0.2, 0.25) is 0 Å². The fourth-order valence-corrected chi connectivity index (χ4v) is 0.903. The van der Waals surface area contributed by atoms with Crippen LogP contribution in [-0.4, -0.2) is 32.7 Å². The average molecular weight is 190 g/mol. The Morgan fingerprint density at radius 2 is 1.77 bits per heavy atom. The highest BCUT2D eigenvalue weighted by Crippen LogP contribution is 1.98. The van der Waals surface area contributed by atoms with Crippen molar-refractivity contribution in [2.24, 2.45) is 0 Å². The number of unbranched alkanes of at least 4 members (excludes halogenated alkanes) is 1. The third kappa shape index (κ3) is 8.22. The van der Waals surface area contributed by atoms with E-state index >= 15 is 0 Å². The van der Waals surface area contributed by atoms with Crippen molar-refractivity contribution in [2.45, 2.75) is 39.9 Å². The van der Waals surface area contributed by atoms with Crippen LogP contribution in [0.4, 0.5) is 0 Å². The van der Waals surface area contributed by atoms with E-state index in [2.05, 4.69) is 6.92 Å². The summed E-state index contributed by atoms with van der Waals surface area (Å²) in [5.74, 6) is 0. The largest absolute Gasteiger partial charge is 0.376 e. The molecule has 0 bridgehead atoms. The van der Waals surface area contributed by atoms with Crippen molar-refractivity contribution >= 4 is 0 Å². The quantitative estimate of drug-likeness (QED) is 0.412. The molecule has 0 aliphatic rings. The Hall–Kier alpha value is -0.120. The number of rotatable bonds is 9. The zero-order chi connectivity index (χ0) is 9.94. The lowest BCUT2D eigenvalue weighted by atomic mass is 10.4. The van der Waals surface area contributed by atoms with Crippen LogP contribution in [0.1, 0.15) is 33.6 Å². The van der Waals surface area contributed by atoms with E-state index in [9.17, 15) is 0 Å². The van der Waals surface area contributed by atoms with Crippen LogP contribution >= 0.6 is 0 Å². The maximum atomic E-state index is 5.48. The van der Waals surface area contributed by atoms with E-state index in [-0.39, 0.29) is 6.29 Å². The number of ether oxygens (including phenoxy) is 3. The van der Waals surface area contributed by atoms with Crippen molar-refractivity contribution in [3.63, 3.8) is 0 Å². The van der Waals surface area contributed by atoms with Crippen LogP contribution in [0.25, 0.3) is 0 Å². The third-order valence-corrected chi connectivity index (χ3v) is 1.61. The van der Waals surface area contributed by atoms with E-state index in [0.717, 1.165) is 19.4 Å². The molecule has 0 amide bonds. The molecule has 0 fully saturated rings. The first-order valence-corrected chi connectivity index (χ1v) is 5.16. The fraction of sp³-hybridized carbons (Fsp3) is 1.00. The zero-order valence-electron chi connectivity index (χ0n) is 9.04. The summed E-state index contributed by atoms with van der Waals surface area (Å²) in [6.07, 6.45) is 2.04. The minimum atomic E-state index is -0.184. The van der Waals surface area contributed by atoms with Gasteiger partial charge < -0.3 is 14.2 Å². The van der Waals surface area contributed by atoms with Gasteiger partial charge in [-0.1, -0.05) is 13.3 Å². The second-order valence-electron chi connectivity index (χ2n) is 2.77. The Bertz CT molecular complexity index is 96.2. The molecule has 0 aromatic rings. The number of hydrogen-bond donors (Lipinski definition) is 0. The molecule has 0 radical (unpaired) electrons. The highest BCUT2D eigenvalue weighted by Gasteiger charge is 2.07. The van der Waals surface area contributed by atoms with Crippen molar-refractivity contribution in [1.82, 2.24) is 0 Å². The highest BCUT2D eigenvalue weighted by atomic mass is 16.7. The highest BCUT2D eigenvalue weighted by molar-refractivity contribution is 4.42. The van der Waals surface area contributed by atoms with E-state index in [1.807, 2.05) is 13.8 Å². The van der Waals surface area contributed by atoms with Crippen molar-refractivity contribution < 1.29 is 14.2 Å². The van der Waals surface area contributed by atoms with Gasteiger partial charge >= 0.3 is 0 Å². The Morgan fingerprint density at radius 1 is 1.00 bits per heavy atom. The number of hydrogen-bond acceptors (Lipinski definition) is 3. The van der Waals surface area contributed by atoms with Crippen molar-refractivity contribution in [2.75, 3.05) is 26.4 Å². The molecule has 0 saturated heterocycles. The molecule has 0 aliphatic heterocycles. The molecule has 0 aromatic heterocycles. The SMILES string of the molecule is CCCCOC(COCC)OCC. The van der Waals surface area contributed by atoms with Crippen LogP contribution in [0.5, 0.6) is 0 Å². The van der Waals surface area contributed by atoms with Gasteiger partial charge in [-0.2, -0.15) is 0 Å². The van der Waals surface area contributed by atoms with Gasteiger partial charge in [-0.25, -0.2) is 0 Å². The van der Waals surface area contributed by atoms with Gasteiger partial charge in [-0.05, 0) is 20.3 Å². The molecular weight excluding hydrogens is 168 g/mol.